The van der Waals surface area contributed by atoms with Gasteiger partial charge >= 0.3 is 0 Å². The molecule has 3 rings (SSSR count). The number of amides is 1. The molecule has 1 fully saturated rings. The molecule has 8 nitrogen and oxygen atoms in total. The third kappa shape index (κ3) is 5.53. The molecule has 1 amide bonds. The number of aromatic amines is 1. The maximum absolute atomic E-state index is 12.7. The highest BCUT2D eigenvalue weighted by Crippen LogP contribution is 2.37. The first kappa shape index (κ1) is 21.2. The molecule has 1 aliphatic heterocycles. The second-order valence-electron chi connectivity index (χ2n) is 6.91. The van der Waals surface area contributed by atoms with Crippen molar-refractivity contribution in [3.63, 3.8) is 0 Å². The van der Waals surface area contributed by atoms with Gasteiger partial charge in [-0.05, 0) is 44.7 Å². The highest BCUT2D eigenvalue weighted by molar-refractivity contribution is 6.32. The van der Waals surface area contributed by atoms with Crippen molar-refractivity contribution in [3.05, 3.63) is 22.7 Å². The molecular formula is C20H28ClN5O3. The molecule has 0 radical (unpaired) electrons. The third-order valence-electron chi connectivity index (χ3n) is 4.66. The van der Waals surface area contributed by atoms with Gasteiger partial charge in [-0.2, -0.15) is 4.98 Å². The Morgan fingerprint density at radius 1 is 1.24 bits per heavy atom. The van der Waals surface area contributed by atoms with Gasteiger partial charge < -0.3 is 14.4 Å². The van der Waals surface area contributed by atoms with Gasteiger partial charge in [-0.15, -0.1) is 5.10 Å². The minimum absolute atomic E-state index is 0.299. The molecule has 0 bridgehead atoms. The molecule has 0 aliphatic carbocycles. The third-order valence-corrected chi connectivity index (χ3v) is 4.94. The molecule has 1 aromatic carbocycles. The van der Waals surface area contributed by atoms with Gasteiger partial charge in [-0.3, -0.25) is 10.1 Å². The maximum atomic E-state index is 12.7. The van der Waals surface area contributed by atoms with Crippen molar-refractivity contribution in [1.29, 1.82) is 0 Å². The van der Waals surface area contributed by atoms with Crippen molar-refractivity contribution in [2.45, 2.75) is 46.0 Å². The number of unbranched alkanes of at least 4 members (excludes halogenated alkanes) is 1. The van der Waals surface area contributed by atoms with Gasteiger partial charge in [0.2, 0.25) is 11.9 Å². The molecule has 0 spiro atoms. The number of aromatic nitrogens is 3. The Morgan fingerprint density at radius 3 is 2.76 bits per heavy atom. The van der Waals surface area contributed by atoms with E-state index in [9.17, 15) is 4.79 Å². The lowest BCUT2D eigenvalue weighted by Crippen LogP contribution is -2.30. The second kappa shape index (κ2) is 10.3. The summed E-state index contributed by atoms with van der Waals surface area (Å²) in [7, 11) is 0. The first-order valence-corrected chi connectivity index (χ1v) is 10.6. The standard InChI is InChI=1S/C20H28ClN5O3/c1-3-5-11-29-17-15(21)12-14(13-16(17)28-4-2)18(27)22-19-23-20(25-24-19)26-9-7-6-8-10-26/h12-13H,3-11H2,1-2H3,(H2,22,23,24,25,27). The van der Waals surface area contributed by atoms with Gasteiger partial charge in [0.25, 0.3) is 5.91 Å². The summed E-state index contributed by atoms with van der Waals surface area (Å²) in [6.07, 6.45) is 5.41. The number of piperidine rings is 1. The number of carbonyl (C=O) groups excluding carboxylic acids is 1. The van der Waals surface area contributed by atoms with Crippen LogP contribution in [0.1, 0.15) is 56.3 Å². The highest BCUT2D eigenvalue weighted by atomic mass is 35.5. The lowest BCUT2D eigenvalue weighted by atomic mass is 10.1. The summed E-state index contributed by atoms with van der Waals surface area (Å²) >= 11 is 6.37. The van der Waals surface area contributed by atoms with Crippen molar-refractivity contribution in [2.75, 3.05) is 36.5 Å². The molecular weight excluding hydrogens is 394 g/mol. The van der Waals surface area contributed by atoms with Gasteiger partial charge in [0.05, 0.1) is 18.2 Å². The summed E-state index contributed by atoms with van der Waals surface area (Å²) in [5.41, 5.74) is 0.359. The summed E-state index contributed by atoms with van der Waals surface area (Å²) < 4.78 is 11.4. The fourth-order valence-electron chi connectivity index (χ4n) is 3.14. The molecule has 29 heavy (non-hydrogen) atoms. The Balaban J connectivity index is 1.72. The first-order valence-electron chi connectivity index (χ1n) is 10.2. The van der Waals surface area contributed by atoms with E-state index in [1.54, 1.807) is 12.1 Å². The number of halogens is 1. The number of nitrogens with zero attached hydrogens (tertiary/aromatic N) is 3. The fraction of sp³-hybridized carbons (Fsp3) is 0.550. The van der Waals surface area contributed by atoms with E-state index in [-0.39, 0.29) is 5.91 Å². The zero-order chi connectivity index (χ0) is 20.6. The van der Waals surface area contributed by atoms with Gasteiger partial charge in [-0.25, -0.2) is 5.10 Å². The molecule has 2 heterocycles. The van der Waals surface area contributed by atoms with E-state index < -0.39 is 0 Å². The predicted octanol–water partition coefficient (Wildman–Crippen LogP) is 4.28. The number of H-pyrrole nitrogens is 1. The molecule has 2 aromatic rings. The molecule has 158 valence electrons. The molecule has 9 heteroatoms. The summed E-state index contributed by atoms with van der Waals surface area (Å²) in [5, 5.41) is 10.1. The molecule has 0 unspecified atom stereocenters. The van der Waals surface area contributed by atoms with Crippen LogP contribution >= 0.6 is 11.6 Å². The number of nitrogens with one attached hydrogen (secondary N) is 2. The van der Waals surface area contributed by atoms with E-state index in [1.807, 2.05) is 6.92 Å². The Hall–Kier alpha value is -2.48. The highest BCUT2D eigenvalue weighted by Gasteiger charge is 2.19. The summed E-state index contributed by atoms with van der Waals surface area (Å²) in [5.74, 6) is 1.47. The summed E-state index contributed by atoms with van der Waals surface area (Å²) in [4.78, 5) is 19.2. The zero-order valence-corrected chi connectivity index (χ0v) is 17.7. The number of hydrogen-bond donors (Lipinski definition) is 2. The SMILES string of the molecule is CCCCOc1c(Cl)cc(C(=O)Nc2nc(N3CCCCC3)n[nH]2)cc1OCC. The fourth-order valence-corrected chi connectivity index (χ4v) is 3.41. The van der Waals surface area contributed by atoms with Gasteiger partial charge in [0.15, 0.2) is 11.5 Å². The van der Waals surface area contributed by atoms with E-state index in [0.29, 0.717) is 47.2 Å². The van der Waals surface area contributed by atoms with Crippen LogP contribution in [-0.4, -0.2) is 47.4 Å². The Morgan fingerprint density at radius 2 is 2.03 bits per heavy atom. The van der Waals surface area contributed by atoms with E-state index in [4.69, 9.17) is 21.1 Å². The minimum atomic E-state index is -0.352. The average Bonchev–Trinajstić information content (AvgIpc) is 3.19. The maximum Gasteiger partial charge on any atom is 0.258 e. The first-order chi connectivity index (χ1) is 14.1. The Labute approximate surface area is 175 Å². The molecule has 0 atom stereocenters. The number of hydrogen-bond acceptors (Lipinski definition) is 6. The van der Waals surface area contributed by atoms with Crippen LogP contribution in [0.3, 0.4) is 0 Å². The van der Waals surface area contributed by atoms with Crippen LogP contribution in [0.4, 0.5) is 11.9 Å². The summed E-state index contributed by atoms with van der Waals surface area (Å²) in [6, 6.07) is 3.20. The monoisotopic (exact) mass is 421 g/mol. The normalized spacial score (nSPS) is 14.0. The minimum Gasteiger partial charge on any atom is -0.490 e. The molecule has 2 N–H and O–H groups in total. The van der Waals surface area contributed by atoms with E-state index in [1.165, 1.54) is 6.42 Å². The van der Waals surface area contributed by atoms with Crippen LogP contribution < -0.4 is 19.7 Å². The van der Waals surface area contributed by atoms with Crippen molar-refractivity contribution >= 4 is 29.4 Å². The van der Waals surface area contributed by atoms with E-state index >= 15 is 0 Å². The number of carbonyl (C=O) groups is 1. The van der Waals surface area contributed by atoms with Crippen LogP contribution in [0.25, 0.3) is 0 Å². The number of ether oxygens (including phenoxy) is 2. The number of anilines is 2. The molecule has 1 aromatic heterocycles. The smallest absolute Gasteiger partial charge is 0.258 e. The van der Waals surface area contributed by atoms with E-state index in [2.05, 4.69) is 32.3 Å². The van der Waals surface area contributed by atoms with Crippen LogP contribution in [-0.2, 0) is 0 Å². The van der Waals surface area contributed by atoms with Crippen LogP contribution in [0.15, 0.2) is 12.1 Å². The van der Waals surface area contributed by atoms with Crippen molar-refractivity contribution in [3.8, 4) is 11.5 Å². The molecule has 1 aliphatic rings. The number of rotatable bonds is 9. The van der Waals surface area contributed by atoms with Crippen LogP contribution in [0.2, 0.25) is 5.02 Å². The Bertz CT molecular complexity index is 820. The van der Waals surface area contributed by atoms with Crippen LogP contribution in [0.5, 0.6) is 11.5 Å². The number of benzene rings is 1. The molecule has 1 saturated heterocycles. The van der Waals surface area contributed by atoms with Crippen LogP contribution in [0, 0.1) is 0 Å². The van der Waals surface area contributed by atoms with Crippen molar-refractivity contribution in [2.24, 2.45) is 0 Å². The quantitative estimate of drug-likeness (QED) is 0.587. The van der Waals surface area contributed by atoms with Crippen molar-refractivity contribution in [1.82, 2.24) is 15.2 Å². The second-order valence-corrected chi connectivity index (χ2v) is 7.31. The van der Waals surface area contributed by atoms with Gasteiger partial charge in [-0.1, -0.05) is 24.9 Å². The van der Waals surface area contributed by atoms with Gasteiger partial charge in [0, 0.05) is 18.7 Å². The van der Waals surface area contributed by atoms with E-state index in [0.717, 1.165) is 38.8 Å². The lowest BCUT2D eigenvalue weighted by molar-refractivity contribution is 0.102. The Kier molecular flexibility index (Phi) is 7.57. The largest absolute Gasteiger partial charge is 0.490 e. The topological polar surface area (TPSA) is 92.4 Å². The average molecular weight is 422 g/mol. The zero-order valence-electron chi connectivity index (χ0n) is 17.0. The van der Waals surface area contributed by atoms with Crippen molar-refractivity contribution < 1.29 is 14.3 Å². The van der Waals surface area contributed by atoms with Gasteiger partial charge in [0.1, 0.15) is 0 Å². The lowest BCUT2D eigenvalue weighted by Gasteiger charge is -2.24. The molecule has 0 saturated carbocycles. The summed E-state index contributed by atoms with van der Waals surface area (Å²) in [6.45, 7) is 6.79. The predicted molar refractivity (Wildman–Crippen MR) is 113 cm³/mol.